The lowest BCUT2D eigenvalue weighted by Gasteiger charge is -2.07. The third kappa shape index (κ3) is 6.01. The van der Waals surface area contributed by atoms with Gasteiger partial charge < -0.3 is 4.74 Å². The third-order valence-corrected chi connectivity index (χ3v) is 3.89. The first kappa shape index (κ1) is 17.9. The van der Waals surface area contributed by atoms with Gasteiger partial charge in [-0.05, 0) is 60.9 Å². The number of aryl methyl sites for hydroxylation is 2. The number of amides is 1. The lowest BCUT2D eigenvalue weighted by molar-refractivity contribution is -0.123. The number of nitrogens with one attached hydrogen (secondary N) is 1. The Balaban J connectivity index is 1.74. The molecule has 2 aromatic rings. The zero-order valence-electron chi connectivity index (χ0n) is 13.6. The van der Waals surface area contributed by atoms with Crippen molar-refractivity contribution in [1.29, 1.82) is 0 Å². The van der Waals surface area contributed by atoms with E-state index < -0.39 is 0 Å². The number of allylic oxidation sites excluding steroid dienone is 1. The molecule has 0 radical (unpaired) electrons. The van der Waals surface area contributed by atoms with Crippen LogP contribution in [0.5, 0.6) is 5.75 Å². The number of carbonyl (C=O) groups is 1. The van der Waals surface area contributed by atoms with Crippen molar-refractivity contribution in [2.75, 3.05) is 6.61 Å². The monoisotopic (exact) mass is 386 g/mol. The Bertz CT molecular complexity index is 752. The first-order chi connectivity index (χ1) is 11.5. The molecule has 2 rings (SSSR count). The van der Waals surface area contributed by atoms with Crippen LogP contribution in [0.3, 0.4) is 0 Å². The minimum Gasteiger partial charge on any atom is -0.484 e. The zero-order valence-corrected chi connectivity index (χ0v) is 15.2. The number of ether oxygens (including phenoxy) is 1. The van der Waals surface area contributed by atoms with E-state index in [0.29, 0.717) is 5.75 Å². The van der Waals surface area contributed by atoms with E-state index in [1.54, 1.807) is 6.08 Å². The molecule has 5 heteroatoms. The normalized spacial score (nSPS) is 11.1. The SMILES string of the molecule is Cc1ccc(OCC(=O)N/N=C/C=C/c2ccc(Br)cc2)cc1C. The van der Waals surface area contributed by atoms with E-state index in [0.717, 1.165) is 15.6 Å². The summed E-state index contributed by atoms with van der Waals surface area (Å²) in [6.45, 7) is 3.96. The van der Waals surface area contributed by atoms with Crippen LogP contribution in [0.2, 0.25) is 0 Å². The molecule has 0 aliphatic rings. The number of hydrogen-bond acceptors (Lipinski definition) is 3. The molecule has 0 saturated heterocycles. The highest BCUT2D eigenvalue weighted by Gasteiger charge is 2.02. The average Bonchev–Trinajstić information content (AvgIpc) is 2.57. The molecule has 1 N–H and O–H groups in total. The molecule has 0 bridgehead atoms. The number of nitrogens with zero attached hydrogens (tertiary/aromatic N) is 1. The quantitative estimate of drug-likeness (QED) is 0.595. The minimum atomic E-state index is -0.304. The summed E-state index contributed by atoms with van der Waals surface area (Å²) in [7, 11) is 0. The molecular weight excluding hydrogens is 368 g/mol. The standard InChI is InChI=1S/C19H19BrN2O2/c1-14-5-10-18(12-15(14)2)24-13-19(23)22-21-11-3-4-16-6-8-17(20)9-7-16/h3-12H,13H2,1-2H3,(H,22,23)/b4-3+,21-11+. The topological polar surface area (TPSA) is 50.7 Å². The lowest BCUT2D eigenvalue weighted by Crippen LogP contribution is -2.24. The second-order valence-electron chi connectivity index (χ2n) is 5.26. The molecule has 4 nitrogen and oxygen atoms in total. The molecule has 1 amide bonds. The Labute approximate surface area is 150 Å². The molecule has 24 heavy (non-hydrogen) atoms. The van der Waals surface area contributed by atoms with Crippen molar-refractivity contribution in [3.8, 4) is 5.75 Å². The van der Waals surface area contributed by atoms with Crippen LogP contribution in [0.1, 0.15) is 16.7 Å². The minimum absolute atomic E-state index is 0.0731. The highest BCUT2D eigenvalue weighted by Crippen LogP contribution is 2.16. The van der Waals surface area contributed by atoms with Crippen molar-refractivity contribution in [2.45, 2.75) is 13.8 Å². The maximum Gasteiger partial charge on any atom is 0.277 e. The van der Waals surface area contributed by atoms with E-state index in [-0.39, 0.29) is 12.5 Å². The maximum atomic E-state index is 11.7. The van der Waals surface area contributed by atoms with E-state index >= 15 is 0 Å². The molecule has 0 fully saturated rings. The summed E-state index contributed by atoms with van der Waals surface area (Å²) in [6.07, 6.45) is 5.18. The highest BCUT2D eigenvalue weighted by molar-refractivity contribution is 9.10. The number of benzene rings is 2. The van der Waals surface area contributed by atoms with Gasteiger partial charge in [0.15, 0.2) is 6.61 Å². The zero-order chi connectivity index (χ0) is 17.4. The average molecular weight is 387 g/mol. The molecule has 124 valence electrons. The first-order valence-corrected chi connectivity index (χ1v) is 8.28. The second-order valence-corrected chi connectivity index (χ2v) is 6.17. The predicted octanol–water partition coefficient (Wildman–Crippen LogP) is 4.26. The molecule has 0 aliphatic carbocycles. The lowest BCUT2D eigenvalue weighted by atomic mass is 10.1. The van der Waals surface area contributed by atoms with Gasteiger partial charge in [-0.3, -0.25) is 4.79 Å². The Morgan fingerprint density at radius 3 is 2.62 bits per heavy atom. The molecule has 0 heterocycles. The molecular formula is C19H19BrN2O2. The van der Waals surface area contributed by atoms with Gasteiger partial charge in [-0.15, -0.1) is 0 Å². The van der Waals surface area contributed by atoms with E-state index in [9.17, 15) is 4.79 Å². The van der Waals surface area contributed by atoms with Crippen molar-refractivity contribution in [3.05, 3.63) is 69.7 Å². The van der Waals surface area contributed by atoms with Crippen molar-refractivity contribution in [1.82, 2.24) is 5.43 Å². The number of hydrogen-bond donors (Lipinski definition) is 1. The maximum absolute atomic E-state index is 11.7. The number of halogens is 1. The molecule has 0 aromatic heterocycles. The van der Waals surface area contributed by atoms with Crippen molar-refractivity contribution in [3.63, 3.8) is 0 Å². The van der Waals surface area contributed by atoms with Crippen molar-refractivity contribution >= 4 is 34.1 Å². The van der Waals surface area contributed by atoms with Gasteiger partial charge in [-0.2, -0.15) is 5.10 Å². The molecule has 2 aromatic carbocycles. The van der Waals surface area contributed by atoms with Gasteiger partial charge in [0.2, 0.25) is 0 Å². The van der Waals surface area contributed by atoms with Crippen LogP contribution in [-0.4, -0.2) is 18.7 Å². The van der Waals surface area contributed by atoms with Crippen LogP contribution in [0, 0.1) is 13.8 Å². The van der Waals surface area contributed by atoms with Crippen molar-refractivity contribution < 1.29 is 9.53 Å². The van der Waals surface area contributed by atoms with Gasteiger partial charge in [0, 0.05) is 10.7 Å². The van der Waals surface area contributed by atoms with Crippen molar-refractivity contribution in [2.24, 2.45) is 5.10 Å². The van der Waals surface area contributed by atoms with Crippen LogP contribution in [0.25, 0.3) is 6.08 Å². The first-order valence-electron chi connectivity index (χ1n) is 7.49. The Hall–Kier alpha value is -2.40. The van der Waals surface area contributed by atoms with Gasteiger partial charge in [-0.25, -0.2) is 5.43 Å². The largest absolute Gasteiger partial charge is 0.484 e. The Morgan fingerprint density at radius 1 is 1.17 bits per heavy atom. The molecule has 0 atom stereocenters. The summed E-state index contributed by atoms with van der Waals surface area (Å²) < 4.78 is 6.46. The van der Waals surface area contributed by atoms with Gasteiger partial charge in [0.05, 0.1) is 0 Å². The summed E-state index contributed by atoms with van der Waals surface area (Å²) in [5.41, 5.74) is 5.79. The smallest absolute Gasteiger partial charge is 0.277 e. The Kier molecular flexibility index (Phi) is 6.75. The Morgan fingerprint density at radius 2 is 1.92 bits per heavy atom. The van der Waals surface area contributed by atoms with Crippen LogP contribution < -0.4 is 10.2 Å². The van der Waals surface area contributed by atoms with Crippen LogP contribution in [0.15, 0.2) is 58.1 Å². The number of carbonyl (C=O) groups excluding carboxylic acids is 1. The third-order valence-electron chi connectivity index (χ3n) is 3.36. The molecule has 0 unspecified atom stereocenters. The summed E-state index contributed by atoms with van der Waals surface area (Å²) in [4.78, 5) is 11.7. The molecule has 0 saturated carbocycles. The number of hydrazone groups is 1. The van der Waals surface area contributed by atoms with E-state index in [4.69, 9.17) is 4.74 Å². The fourth-order valence-corrected chi connectivity index (χ4v) is 2.13. The summed E-state index contributed by atoms with van der Waals surface area (Å²) in [6, 6.07) is 13.6. The van der Waals surface area contributed by atoms with Crippen LogP contribution in [0.4, 0.5) is 0 Å². The van der Waals surface area contributed by atoms with Crippen LogP contribution >= 0.6 is 15.9 Å². The van der Waals surface area contributed by atoms with Gasteiger partial charge in [0.25, 0.3) is 5.91 Å². The molecule has 0 aliphatic heterocycles. The van der Waals surface area contributed by atoms with Gasteiger partial charge in [0.1, 0.15) is 5.75 Å². The highest BCUT2D eigenvalue weighted by atomic mass is 79.9. The second kappa shape index (κ2) is 9.03. The number of rotatable bonds is 6. The van der Waals surface area contributed by atoms with Gasteiger partial charge in [-0.1, -0.05) is 40.2 Å². The summed E-state index contributed by atoms with van der Waals surface area (Å²) in [5, 5.41) is 3.85. The summed E-state index contributed by atoms with van der Waals surface area (Å²) in [5.74, 6) is 0.369. The van der Waals surface area contributed by atoms with Gasteiger partial charge >= 0.3 is 0 Å². The van der Waals surface area contributed by atoms with E-state index in [1.807, 2.05) is 62.4 Å². The van der Waals surface area contributed by atoms with E-state index in [2.05, 4.69) is 26.5 Å². The fraction of sp³-hybridized carbons (Fsp3) is 0.158. The molecule has 0 spiro atoms. The van der Waals surface area contributed by atoms with E-state index in [1.165, 1.54) is 11.8 Å². The predicted molar refractivity (Wildman–Crippen MR) is 101 cm³/mol. The van der Waals surface area contributed by atoms with Crippen LogP contribution in [-0.2, 0) is 4.79 Å². The summed E-state index contributed by atoms with van der Waals surface area (Å²) >= 11 is 3.38. The fourth-order valence-electron chi connectivity index (χ4n) is 1.87.